The Hall–Kier alpha value is -1.99. The molecule has 114 valence electrons. The minimum atomic E-state index is -0.873. The van der Waals surface area contributed by atoms with Gasteiger partial charge in [0.25, 0.3) is 0 Å². The molecule has 5 N–H and O–H groups in total. The number of rotatable bonds is 6. The van der Waals surface area contributed by atoms with Gasteiger partial charge in [0, 0.05) is 6.54 Å². The van der Waals surface area contributed by atoms with Crippen LogP contribution in [0.1, 0.15) is 25.7 Å². The van der Waals surface area contributed by atoms with E-state index in [4.69, 9.17) is 10.8 Å². The molecule has 0 aromatic heterocycles. The maximum absolute atomic E-state index is 11.4. The number of hydrogen-bond donors (Lipinski definition) is 4. The highest BCUT2D eigenvalue weighted by Crippen LogP contribution is 2.28. The number of carboxylic acids is 1. The molecule has 0 saturated heterocycles. The van der Waals surface area contributed by atoms with Crippen molar-refractivity contribution < 1.29 is 24.2 Å². The summed E-state index contributed by atoms with van der Waals surface area (Å²) in [4.78, 5) is 32.5. The third kappa shape index (κ3) is 6.26. The molecule has 0 unspecified atom stereocenters. The van der Waals surface area contributed by atoms with Gasteiger partial charge in [-0.1, -0.05) is 0 Å². The summed E-state index contributed by atoms with van der Waals surface area (Å²) in [7, 11) is 0. The Labute approximate surface area is 117 Å². The Bertz CT molecular complexity index is 353. The van der Waals surface area contributed by atoms with Crippen molar-refractivity contribution in [2.75, 3.05) is 19.7 Å². The number of ether oxygens (including phenoxy) is 1. The van der Waals surface area contributed by atoms with Gasteiger partial charge in [0.2, 0.25) is 0 Å². The van der Waals surface area contributed by atoms with Crippen LogP contribution in [0.2, 0.25) is 0 Å². The normalized spacial score (nSPS) is 21.8. The van der Waals surface area contributed by atoms with Gasteiger partial charge >= 0.3 is 18.1 Å². The third-order valence-electron chi connectivity index (χ3n) is 3.38. The highest BCUT2D eigenvalue weighted by atomic mass is 16.5. The van der Waals surface area contributed by atoms with E-state index in [1.54, 1.807) is 0 Å². The van der Waals surface area contributed by atoms with Crippen molar-refractivity contribution >= 4 is 18.1 Å². The zero-order valence-corrected chi connectivity index (χ0v) is 11.3. The molecular weight excluding hydrogens is 266 g/mol. The number of nitrogens with two attached hydrogens (primary N) is 1. The van der Waals surface area contributed by atoms with Gasteiger partial charge in [-0.25, -0.2) is 9.59 Å². The summed E-state index contributed by atoms with van der Waals surface area (Å²) in [6.07, 6.45) is 2.07. The third-order valence-corrected chi connectivity index (χ3v) is 3.38. The first-order valence-electron chi connectivity index (χ1n) is 6.65. The largest absolute Gasteiger partial charge is 0.481 e. The Balaban J connectivity index is 2.07. The molecule has 1 rings (SSSR count). The van der Waals surface area contributed by atoms with E-state index in [0.717, 1.165) is 12.8 Å². The second-order valence-electron chi connectivity index (χ2n) is 4.86. The SMILES string of the molecule is NC(=O)OCCNC(=O)NCC1CCC(C(=O)O)CC1. The van der Waals surface area contributed by atoms with Gasteiger partial charge in [-0.05, 0) is 31.6 Å². The van der Waals surface area contributed by atoms with E-state index in [-0.39, 0.29) is 25.1 Å². The van der Waals surface area contributed by atoms with Crippen LogP contribution in [0.5, 0.6) is 0 Å². The monoisotopic (exact) mass is 287 g/mol. The average Bonchev–Trinajstić information content (AvgIpc) is 2.41. The molecule has 0 spiro atoms. The van der Waals surface area contributed by atoms with Crippen molar-refractivity contribution in [2.45, 2.75) is 25.7 Å². The van der Waals surface area contributed by atoms with Crippen LogP contribution in [-0.2, 0) is 9.53 Å². The van der Waals surface area contributed by atoms with E-state index in [1.807, 2.05) is 0 Å². The molecule has 3 amide bonds. The molecule has 0 aromatic rings. The first-order chi connectivity index (χ1) is 9.49. The highest BCUT2D eigenvalue weighted by Gasteiger charge is 2.25. The van der Waals surface area contributed by atoms with Gasteiger partial charge in [-0.2, -0.15) is 0 Å². The summed E-state index contributed by atoms with van der Waals surface area (Å²) in [5.74, 6) is -0.659. The Kier molecular flexibility index (Phi) is 6.61. The van der Waals surface area contributed by atoms with Crippen molar-refractivity contribution in [2.24, 2.45) is 17.6 Å². The zero-order chi connectivity index (χ0) is 15.0. The molecule has 0 radical (unpaired) electrons. The van der Waals surface area contributed by atoms with Crippen LogP contribution in [0.3, 0.4) is 0 Å². The molecule has 0 aromatic carbocycles. The maximum Gasteiger partial charge on any atom is 0.404 e. The lowest BCUT2D eigenvalue weighted by Gasteiger charge is -2.26. The Morgan fingerprint density at radius 3 is 2.35 bits per heavy atom. The summed E-state index contributed by atoms with van der Waals surface area (Å²) in [6.45, 7) is 0.752. The van der Waals surface area contributed by atoms with E-state index in [0.29, 0.717) is 25.3 Å². The van der Waals surface area contributed by atoms with Crippen LogP contribution >= 0.6 is 0 Å². The number of aliphatic carboxylic acids is 1. The molecule has 1 saturated carbocycles. The summed E-state index contributed by atoms with van der Waals surface area (Å²) < 4.78 is 4.46. The van der Waals surface area contributed by atoms with Gasteiger partial charge in [0.15, 0.2) is 0 Å². The molecular formula is C12H21N3O5. The fraction of sp³-hybridized carbons (Fsp3) is 0.750. The molecule has 1 aliphatic carbocycles. The molecule has 0 aliphatic heterocycles. The maximum atomic E-state index is 11.4. The lowest BCUT2D eigenvalue weighted by atomic mass is 9.82. The summed E-state index contributed by atoms with van der Waals surface area (Å²) >= 11 is 0. The van der Waals surface area contributed by atoms with Crippen LogP contribution in [0.15, 0.2) is 0 Å². The average molecular weight is 287 g/mol. The van der Waals surface area contributed by atoms with E-state index >= 15 is 0 Å². The van der Waals surface area contributed by atoms with Crippen LogP contribution in [-0.4, -0.2) is 42.9 Å². The number of carboxylic acid groups (broad SMARTS) is 1. The second-order valence-corrected chi connectivity index (χ2v) is 4.86. The predicted octanol–water partition coefficient (Wildman–Crippen LogP) is 0.272. The van der Waals surface area contributed by atoms with Crippen molar-refractivity contribution in [3.05, 3.63) is 0 Å². The van der Waals surface area contributed by atoms with E-state index in [2.05, 4.69) is 15.4 Å². The molecule has 1 fully saturated rings. The number of carbonyl (C=O) groups is 3. The Morgan fingerprint density at radius 2 is 1.80 bits per heavy atom. The van der Waals surface area contributed by atoms with Crippen molar-refractivity contribution in [1.82, 2.24) is 10.6 Å². The number of primary amides is 1. The topological polar surface area (TPSA) is 131 Å². The minimum Gasteiger partial charge on any atom is -0.481 e. The molecule has 1 aliphatic rings. The van der Waals surface area contributed by atoms with Gasteiger partial charge in [-0.15, -0.1) is 0 Å². The van der Waals surface area contributed by atoms with Crippen molar-refractivity contribution in [1.29, 1.82) is 0 Å². The fourth-order valence-corrected chi connectivity index (χ4v) is 2.23. The predicted molar refractivity (Wildman–Crippen MR) is 70.0 cm³/mol. The molecule has 0 atom stereocenters. The molecule has 8 heteroatoms. The van der Waals surface area contributed by atoms with E-state index < -0.39 is 12.1 Å². The number of carbonyl (C=O) groups excluding carboxylic acids is 2. The van der Waals surface area contributed by atoms with Gasteiger partial charge in [0.05, 0.1) is 12.5 Å². The number of urea groups is 1. The first kappa shape index (κ1) is 16.1. The van der Waals surface area contributed by atoms with Gasteiger partial charge in [-0.3, -0.25) is 4.79 Å². The van der Waals surface area contributed by atoms with Crippen molar-refractivity contribution in [3.8, 4) is 0 Å². The standard InChI is InChI=1S/C12H21N3O5/c13-11(18)20-6-5-14-12(19)15-7-8-1-3-9(4-2-8)10(16)17/h8-9H,1-7H2,(H2,13,18)(H,16,17)(H2,14,15,19). The van der Waals surface area contributed by atoms with Crippen molar-refractivity contribution in [3.63, 3.8) is 0 Å². The van der Waals surface area contributed by atoms with E-state index in [9.17, 15) is 14.4 Å². The minimum absolute atomic E-state index is 0.0342. The molecule has 0 heterocycles. The lowest BCUT2D eigenvalue weighted by Crippen LogP contribution is -2.40. The lowest BCUT2D eigenvalue weighted by molar-refractivity contribution is -0.143. The summed E-state index contributed by atoms with van der Waals surface area (Å²) in [5.41, 5.74) is 4.77. The number of amides is 3. The highest BCUT2D eigenvalue weighted by molar-refractivity contribution is 5.73. The summed E-state index contributed by atoms with van der Waals surface area (Å²) in [5, 5.41) is 14.1. The molecule has 0 bridgehead atoms. The quantitative estimate of drug-likeness (QED) is 0.521. The zero-order valence-electron chi connectivity index (χ0n) is 11.3. The summed E-state index contributed by atoms with van der Waals surface area (Å²) in [6, 6.07) is -0.335. The fourth-order valence-electron chi connectivity index (χ4n) is 2.23. The van der Waals surface area contributed by atoms with Crippen LogP contribution < -0.4 is 16.4 Å². The number of nitrogens with one attached hydrogen (secondary N) is 2. The van der Waals surface area contributed by atoms with Crippen LogP contribution in [0.25, 0.3) is 0 Å². The molecule has 8 nitrogen and oxygen atoms in total. The van der Waals surface area contributed by atoms with E-state index in [1.165, 1.54) is 0 Å². The second kappa shape index (κ2) is 8.23. The first-order valence-corrected chi connectivity index (χ1v) is 6.65. The molecule has 20 heavy (non-hydrogen) atoms. The van der Waals surface area contributed by atoms with Crippen LogP contribution in [0.4, 0.5) is 9.59 Å². The Morgan fingerprint density at radius 1 is 1.15 bits per heavy atom. The van der Waals surface area contributed by atoms with Gasteiger partial charge < -0.3 is 26.2 Å². The van der Waals surface area contributed by atoms with Crippen LogP contribution in [0, 0.1) is 11.8 Å². The number of hydrogen-bond acceptors (Lipinski definition) is 4. The van der Waals surface area contributed by atoms with Gasteiger partial charge in [0.1, 0.15) is 6.61 Å². The smallest absolute Gasteiger partial charge is 0.404 e.